The summed E-state index contributed by atoms with van der Waals surface area (Å²) in [6.45, 7) is 3.77. The van der Waals surface area contributed by atoms with Crippen molar-refractivity contribution in [3.05, 3.63) is 116 Å². The number of allylic oxidation sites excluding steroid dienone is 1. The van der Waals surface area contributed by atoms with Gasteiger partial charge in [0.2, 0.25) is 5.91 Å². The molecule has 1 aliphatic rings. The Morgan fingerprint density at radius 3 is 2.44 bits per heavy atom. The van der Waals surface area contributed by atoms with Gasteiger partial charge in [0.05, 0.1) is 46.2 Å². The average molecular weight is 579 g/mol. The monoisotopic (exact) mass is 577 g/mol. The summed E-state index contributed by atoms with van der Waals surface area (Å²) in [5.74, 6) is -1.63. The molecule has 0 radical (unpaired) electrons. The van der Waals surface area contributed by atoms with E-state index in [9.17, 15) is 14.9 Å². The third kappa shape index (κ3) is 6.48. The Balaban J connectivity index is 1.76. The number of hydrogen-bond donors (Lipinski definition) is 2. The number of ether oxygens (including phenoxy) is 1. The van der Waals surface area contributed by atoms with Crippen LogP contribution in [0.5, 0.6) is 0 Å². The standard InChI is InChI=1S/C30H25Cl2N3O3S/c1-3-38-30(37)27-26(21-11-7-8-12-23(21)31)22(16-33)29(35-28(27)19-9-5-4-6-10-19)39-17-25(36)34-20-14-13-18(2)24(32)15-20/h4-15,26,35H,3,17H2,1-2H3,(H,34,36)/t26-/m0/s1. The van der Waals surface area contributed by atoms with E-state index in [-0.39, 0.29) is 29.4 Å². The summed E-state index contributed by atoms with van der Waals surface area (Å²) in [6.07, 6.45) is 0. The molecule has 9 heteroatoms. The number of nitrogens with one attached hydrogen (secondary N) is 2. The molecule has 1 heterocycles. The van der Waals surface area contributed by atoms with Crippen LogP contribution in [0.3, 0.4) is 0 Å². The predicted molar refractivity (Wildman–Crippen MR) is 157 cm³/mol. The Hall–Kier alpha value is -3.70. The van der Waals surface area contributed by atoms with Crippen LogP contribution in [0, 0.1) is 18.3 Å². The minimum absolute atomic E-state index is 0.00502. The number of hydrogen-bond acceptors (Lipinski definition) is 6. The first-order valence-corrected chi connectivity index (χ1v) is 13.9. The lowest BCUT2D eigenvalue weighted by molar-refractivity contribution is -0.138. The lowest BCUT2D eigenvalue weighted by Crippen LogP contribution is -2.30. The van der Waals surface area contributed by atoms with Gasteiger partial charge in [0.15, 0.2) is 0 Å². The van der Waals surface area contributed by atoms with Crippen LogP contribution < -0.4 is 10.6 Å². The molecule has 0 saturated carbocycles. The number of anilines is 1. The van der Waals surface area contributed by atoms with Crippen molar-refractivity contribution in [2.24, 2.45) is 0 Å². The van der Waals surface area contributed by atoms with E-state index in [1.807, 2.05) is 43.3 Å². The summed E-state index contributed by atoms with van der Waals surface area (Å²) in [5.41, 5.74) is 3.83. The van der Waals surface area contributed by atoms with Crippen molar-refractivity contribution in [2.75, 3.05) is 17.7 Å². The van der Waals surface area contributed by atoms with Gasteiger partial charge in [-0.15, -0.1) is 0 Å². The smallest absolute Gasteiger partial charge is 0.337 e. The highest BCUT2D eigenvalue weighted by Crippen LogP contribution is 2.45. The van der Waals surface area contributed by atoms with E-state index < -0.39 is 11.9 Å². The van der Waals surface area contributed by atoms with Gasteiger partial charge < -0.3 is 15.4 Å². The maximum Gasteiger partial charge on any atom is 0.337 e. The molecular formula is C30H25Cl2N3O3S. The zero-order chi connectivity index (χ0) is 27.9. The minimum Gasteiger partial charge on any atom is -0.463 e. The van der Waals surface area contributed by atoms with Crippen molar-refractivity contribution in [3.8, 4) is 6.07 Å². The first-order valence-electron chi connectivity index (χ1n) is 12.1. The SMILES string of the molecule is CCOC(=O)C1=C(c2ccccc2)NC(SCC(=O)Nc2ccc(C)c(Cl)c2)=C(C#N)[C@@H]1c1ccccc1Cl. The average Bonchev–Trinajstić information content (AvgIpc) is 2.94. The summed E-state index contributed by atoms with van der Waals surface area (Å²) < 4.78 is 5.44. The highest BCUT2D eigenvalue weighted by atomic mass is 35.5. The minimum atomic E-state index is -0.805. The van der Waals surface area contributed by atoms with Crippen LogP contribution in [0.2, 0.25) is 10.0 Å². The van der Waals surface area contributed by atoms with Gasteiger partial charge in [-0.05, 0) is 48.7 Å². The molecule has 198 valence electrons. The molecule has 3 aromatic carbocycles. The van der Waals surface area contributed by atoms with E-state index in [0.717, 1.165) is 11.1 Å². The molecule has 0 saturated heterocycles. The second kappa shape index (κ2) is 12.9. The fourth-order valence-electron chi connectivity index (χ4n) is 4.18. The van der Waals surface area contributed by atoms with Crippen LogP contribution >= 0.6 is 35.0 Å². The van der Waals surface area contributed by atoms with Crippen LogP contribution in [-0.4, -0.2) is 24.2 Å². The Morgan fingerprint density at radius 2 is 1.77 bits per heavy atom. The number of aryl methyl sites for hydroxylation is 1. The number of rotatable bonds is 8. The zero-order valence-corrected chi connectivity index (χ0v) is 23.6. The topological polar surface area (TPSA) is 91.2 Å². The normalized spacial score (nSPS) is 14.9. The van der Waals surface area contributed by atoms with E-state index in [4.69, 9.17) is 27.9 Å². The van der Waals surface area contributed by atoms with Crippen LogP contribution in [0.15, 0.2) is 89.0 Å². The van der Waals surface area contributed by atoms with Crippen molar-refractivity contribution in [1.29, 1.82) is 5.26 Å². The zero-order valence-electron chi connectivity index (χ0n) is 21.3. The number of amides is 1. The molecule has 1 amide bonds. The lowest BCUT2D eigenvalue weighted by atomic mass is 9.81. The Morgan fingerprint density at radius 1 is 1.05 bits per heavy atom. The molecule has 2 N–H and O–H groups in total. The lowest BCUT2D eigenvalue weighted by Gasteiger charge is -2.31. The highest BCUT2D eigenvalue weighted by molar-refractivity contribution is 8.03. The Bertz CT molecular complexity index is 1510. The Kier molecular flexibility index (Phi) is 9.36. The molecule has 0 aromatic heterocycles. The number of nitrogens with zero attached hydrogens (tertiary/aromatic N) is 1. The maximum absolute atomic E-state index is 13.4. The highest BCUT2D eigenvalue weighted by Gasteiger charge is 2.38. The Labute approximate surface area is 241 Å². The first-order chi connectivity index (χ1) is 18.8. The van der Waals surface area contributed by atoms with Crippen LogP contribution in [-0.2, 0) is 14.3 Å². The number of thioether (sulfide) groups is 1. The van der Waals surface area contributed by atoms with Gasteiger partial charge in [0.1, 0.15) is 0 Å². The molecule has 1 aliphatic heterocycles. The first kappa shape index (κ1) is 28.3. The van der Waals surface area contributed by atoms with Crippen molar-refractivity contribution < 1.29 is 14.3 Å². The number of benzene rings is 3. The number of dihydropyridines is 1. The summed E-state index contributed by atoms with van der Waals surface area (Å²) in [6, 6.07) is 23.9. The summed E-state index contributed by atoms with van der Waals surface area (Å²) >= 11 is 14.0. The van der Waals surface area contributed by atoms with Crippen molar-refractivity contribution in [3.63, 3.8) is 0 Å². The molecule has 3 aromatic rings. The van der Waals surface area contributed by atoms with E-state index >= 15 is 0 Å². The van der Waals surface area contributed by atoms with Gasteiger partial charge >= 0.3 is 5.97 Å². The predicted octanol–water partition coefficient (Wildman–Crippen LogP) is 7.07. The molecule has 0 fully saturated rings. The van der Waals surface area contributed by atoms with Crippen LogP contribution in [0.1, 0.15) is 29.5 Å². The quantitative estimate of drug-likeness (QED) is 0.278. The molecule has 0 unspecified atom stereocenters. The molecule has 4 rings (SSSR count). The van der Waals surface area contributed by atoms with E-state index in [1.54, 1.807) is 43.3 Å². The second-order valence-corrected chi connectivity index (χ2v) is 10.4. The second-order valence-electron chi connectivity index (χ2n) is 8.61. The van der Waals surface area contributed by atoms with E-state index in [0.29, 0.717) is 32.0 Å². The molecular weight excluding hydrogens is 553 g/mol. The number of carbonyl (C=O) groups excluding carboxylic acids is 2. The third-order valence-corrected chi connectivity index (χ3v) is 7.80. The number of nitriles is 1. The fourth-order valence-corrected chi connectivity index (χ4v) is 5.45. The van der Waals surface area contributed by atoms with Gasteiger partial charge in [-0.25, -0.2) is 4.79 Å². The molecule has 1 atom stereocenters. The van der Waals surface area contributed by atoms with E-state index in [1.165, 1.54) is 11.8 Å². The molecule has 0 aliphatic carbocycles. The van der Waals surface area contributed by atoms with Gasteiger partial charge in [-0.2, -0.15) is 5.26 Å². The molecule has 6 nitrogen and oxygen atoms in total. The maximum atomic E-state index is 13.4. The van der Waals surface area contributed by atoms with Gasteiger partial charge in [0.25, 0.3) is 0 Å². The molecule has 0 bridgehead atoms. The molecule has 0 spiro atoms. The van der Waals surface area contributed by atoms with Crippen molar-refractivity contribution in [2.45, 2.75) is 19.8 Å². The summed E-state index contributed by atoms with van der Waals surface area (Å²) in [5, 5.41) is 17.8. The molecule has 39 heavy (non-hydrogen) atoms. The van der Waals surface area contributed by atoms with Crippen molar-refractivity contribution in [1.82, 2.24) is 5.32 Å². The number of halogens is 2. The third-order valence-electron chi connectivity index (χ3n) is 6.03. The van der Waals surface area contributed by atoms with Crippen LogP contribution in [0.4, 0.5) is 5.69 Å². The number of carbonyl (C=O) groups is 2. The fraction of sp³-hybridized carbons (Fsp3) is 0.167. The van der Waals surface area contributed by atoms with Crippen LogP contribution in [0.25, 0.3) is 5.70 Å². The number of esters is 1. The largest absolute Gasteiger partial charge is 0.463 e. The van der Waals surface area contributed by atoms with Gasteiger partial charge in [-0.3, -0.25) is 4.79 Å². The summed E-state index contributed by atoms with van der Waals surface area (Å²) in [4.78, 5) is 26.2. The van der Waals surface area contributed by atoms with Crippen molar-refractivity contribution >= 4 is 58.2 Å². The van der Waals surface area contributed by atoms with E-state index in [2.05, 4.69) is 16.7 Å². The van der Waals surface area contributed by atoms with Gasteiger partial charge in [0, 0.05) is 15.7 Å². The summed E-state index contributed by atoms with van der Waals surface area (Å²) in [7, 11) is 0. The van der Waals surface area contributed by atoms with Gasteiger partial charge in [-0.1, -0.05) is 89.6 Å².